The number of piperidine rings is 1. The molecule has 0 unspecified atom stereocenters. The molecular weight excluding hydrogens is 182 g/mol. The van der Waals surface area contributed by atoms with Gasteiger partial charge in [0.25, 0.3) is 0 Å². The molecule has 1 rings (SSSR count). The third-order valence-corrected chi connectivity index (χ3v) is 2.38. The summed E-state index contributed by atoms with van der Waals surface area (Å²) in [4.78, 5) is 5.40. The van der Waals surface area contributed by atoms with Crippen molar-refractivity contribution in [2.75, 3.05) is 13.1 Å². The molecule has 1 heterocycles. The van der Waals surface area contributed by atoms with Crippen LogP contribution in [0.2, 0.25) is 0 Å². The van der Waals surface area contributed by atoms with Gasteiger partial charge in [0, 0.05) is 13.1 Å². The average molecular weight is 199 g/mol. The normalized spacial score (nSPS) is 20.3. The number of nitrogens with one attached hydrogen (secondary N) is 1. The van der Waals surface area contributed by atoms with Crippen LogP contribution >= 0.6 is 0 Å². The van der Waals surface area contributed by atoms with E-state index in [0.717, 1.165) is 0 Å². The van der Waals surface area contributed by atoms with Crippen LogP contribution in [0.1, 0.15) is 19.8 Å². The van der Waals surface area contributed by atoms with Crippen LogP contribution in [0, 0.1) is 5.41 Å². The molecule has 0 aromatic carbocycles. The van der Waals surface area contributed by atoms with Gasteiger partial charge in [-0.1, -0.05) is 0 Å². The van der Waals surface area contributed by atoms with E-state index in [2.05, 4.69) is 4.99 Å². The summed E-state index contributed by atoms with van der Waals surface area (Å²) < 4.78 is 0. The zero-order chi connectivity index (χ0) is 10.8. The van der Waals surface area contributed by atoms with Crippen molar-refractivity contribution in [1.82, 2.24) is 4.90 Å². The van der Waals surface area contributed by atoms with Crippen molar-refractivity contribution in [3.8, 4) is 0 Å². The van der Waals surface area contributed by atoms with E-state index in [-0.39, 0.29) is 11.9 Å². The number of rotatable bonds is 0. The molecule has 0 amide bonds. The molecule has 1 aliphatic rings. The van der Waals surface area contributed by atoms with Gasteiger partial charge in [-0.15, -0.1) is 0 Å². The summed E-state index contributed by atoms with van der Waals surface area (Å²) in [5.74, 6) is -0.0344. The molecule has 6 nitrogen and oxygen atoms in total. The van der Waals surface area contributed by atoms with Gasteiger partial charge in [0.15, 0.2) is 5.96 Å². The largest absolute Gasteiger partial charge is 0.390 e. The Morgan fingerprint density at radius 3 is 2.36 bits per heavy atom. The molecular formula is C8H17N5O. The predicted molar refractivity (Wildman–Crippen MR) is 55.0 cm³/mol. The summed E-state index contributed by atoms with van der Waals surface area (Å²) in [6.07, 6.45) is 1.27. The van der Waals surface area contributed by atoms with Gasteiger partial charge in [0.1, 0.15) is 0 Å². The van der Waals surface area contributed by atoms with Crippen LogP contribution < -0.4 is 11.5 Å². The first-order chi connectivity index (χ1) is 6.41. The van der Waals surface area contributed by atoms with E-state index in [0.29, 0.717) is 25.9 Å². The number of guanidine groups is 2. The zero-order valence-electron chi connectivity index (χ0n) is 8.32. The Hall–Kier alpha value is -1.30. The minimum Gasteiger partial charge on any atom is -0.390 e. The SMILES string of the molecule is CC1(O)CCN(C(=N)N=C(N)N)CC1. The number of aliphatic hydroxyl groups is 1. The lowest BCUT2D eigenvalue weighted by molar-refractivity contribution is 0.00957. The van der Waals surface area contributed by atoms with E-state index in [1.165, 1.54) is 0 Å². The Morgan fingerprint density at radius 1 is 1.43 bits per heavy atom. The van der Waals surface area contributed by atoms with Crippen molar-refractivity contribution >= 4 is 11.9 Å². The molecule has 6 N–H and O–H groups in total. The first kappa shape index (κ1) is 10.8. The molecule has 1 aliphatic heterocycles. The summed E-state index contributed by atoms with van der Waals surface area (Å²) in [6, 6.07) is 0. The second-order valence-electron chi connectivity index (χ2n) is 3.84. The third-order valence-electron chi connectivity index (χ3n) is 2.38. The first-order valence-electron chi connectivity index (χ1n) is 4.56. The molecule has 1 fully saturated rings. The molecule has 0 aromatic rings. The topological polar surface area (TPSA) is 112 Å². The predicted octanol–water partition coefficient (Wildman–Crippen LogP) is -0.959. The van der Waals surface area contributed by atoms with E-state index in [1.807, 2.05) is 0 Å². The lowest BCUT2D eigenvalue weighted by atomic mass is 9.94. The molecule has 0 spiro atoms. The van der Waals surface area contributed by atoms with Crippen molar-refractivity contribution in [2.24, 2.45) is 16.5 Å². The Labute approximate surface area is 83.1 Å². The Morgan fingerprint density at radius 2 is 1.93 bits per heavy atom. The van der Waals surface area contributed by atoms with Crippen LogP contribution in [-0.2, 0) is 0 Å². The maximum atomic E-state index is 9.67. The third kappa shape index (κ3) is 2.88. The van der Waals surface area contributed by atoms with Crippen LogP contribution in [0.25, 0.3) is 0 Å². The second kappa shape index (κ2) is 3.83. The van der Waals surface area contributed by atoms with Gasteiger partial charge in [-0.25, -0.2) is 0 Å². The van der Waals surface area contributed by atoms with Gasteiger partial charge in [-0.2, -0.15) is 4.99 Å². The van der Waals surface area contributed by atoms with Gasteiger partial charge in [0.2, 0.25) is 5.96 Å². The quantitative estimate of drug-likeness (QED) is 0.297. The molecule has 0 saturated carbocycles. The summed E-state index contributed by atoms with van der Waals surface area (Å²) in [6.45, 7) is 3.03. The zero-order valence-corrected chi connectivity index (χ0v) is 8.32. The van der Waals surface area contributed by atoms with Crippen LogP contribution in [0.4, 0.5) is 0 Å². The van der Waals surface area contributed by atoms with Crippen molar-refractivity contribution in [3.63, 3.8) is 0 Å². The Bertz CT molecular complexity index is 246. The summed E-state index contributed by atoms with van der Waals surface area (Å²) in [5.41, 5.74) is 9.71. The maximum Gasteiger partial charge on any atom is 0.221 e. The molecule has 80 valence electrons. The second-order valence-corrected chi connectivity index (χ2v) is 3.84. The fraction of sp³-hybridized carbons (Fsp3) is 0.750. The lowest BCUT2D eigenvalue weighted by Gasteiger charge is -2.35. The molecule has 0 atom stereocenters. The summed E-state index contributed by atoms with van der Waals surface area (Å²) >= 11 is 0. The molecule has 0 bridgehead atoms. The van der Waals surface area contributed by atoms with Gasteiger partial charge < -0.3 is 21.5 Å². The van der Waals surface area contributed by atoms with Gasteiger partial charge >= 0.3 is 0 Å². The molecule has 1 saturated heterocycles. The minimum atomic E-state index is -0.616. The smallest absolute Gasteiger partial charge is 0.221 e. The molecule has 0 aromatic heterocycles. The molecule has 14 heavy (non-hydrogen) atoms. The van der Waals surface area contributed by atoms with Gasteiger partial charge in [-0.3, -0.25) is 5.41 Å². The van der Waals surface area contributed by atoms with Gasteiger partial charge in [0.05, 0.1) is 5.60 Å². The van der Waals surface area contributed by atoms with Crippen LogP contribution in [-0.4, -0.2) is 40.6 Å². The number of hydrogen-bond acceptors (Lipinski definition) is 2. The van der Waals surface area contributed by atoms with E-state index < -0.39 is 5.60 Å². The number of nitrogens with zero attached hydrogens (tertiary/aromatic N) is 2. The number of nitrogens with two attached hydrogens (primary N) is 2. The number of aliphatic imine (C=N–C) groups is 1. The van der Waals surface area contributed by atoms with Crippen LogP contribution in [0.5, 0.6) is 0 Å². The van der Waals surface area contributed by atoms with E-state index in [9.17, 15) is 5.11 Å². The van der Waals surface area contributed by atoms with E-state index >= 15 is 0 Å². The minimum absolute atomic E-state index is 0.0699. The van der Waals surface area contributed by atoms with Crippen molar-refractivity contribution in [2.45, 2.75) is 25.4 Å². The van der Waals surface area contributed by atoms with E-state index in [4.69, 9.17) is 16.9 Å². The highest BCUT2D eigenvalue weighted by Gasteiger charge is 2.28. The fourth-order valence-corrected chi connectivity index (χ4v) is 1.39. The highest BCUT2D eigenvalue weighted by atomic mass is 16.3. The maximum absolute atomic E-state index is 9.67. The highest BCUT2D eigenvalue weighted by molar-refractivity contribution is 5.91. The molecule has 0 aliphatic carbocycles. The van der Waals surface area contributed by atoms with Crippen molar-refractivity contribution in [3.05, 3.63) is 0 Å². The van der Waals surface area contributed by atoms with Crippen molar-refractivity contribution in [1.29, 1.82) is 5.41 Å². The summed E-state index contributed by atoms with van der Waals surface area (Å²) in [7, 11) is 0. The number of likely N-dealkylation sites (tertiary alicyclic amines) is 1. The Kier molecular flexibility index (Phi) is 2.95. The molecule has 6 heteroatoms. The van der Waals surface area contributed by atoms with Crippen LogP contribution in [0.3, 0.4) is 0 Å². The first-order valence-corrected chi connectivity index (χ1v) is 4.56. The highest BCUT2D eigenvalue weighted by Crippen LogP contribution is 2.21. The lowest BCUT2D eigenvalue weighted by Crippen LogP contribution is -2.45. The Balaban J connectivity index is 2.50. The van der Waals surface area contributed by atoms with Crippen LogP contribution in [0.15, 0.2) is 4.99 Å². The van der Waals surface area contributed by atoms with Crippen molar-refractivity contribution < 1.29 is 5.11 Å². The molecule has 0 radical (unpaired) electrons. The van der Waals surface area contributed by atoms with E-state index in [1.54, 1.807) is 11.8 Å². The standard InChI is InChI=1S/C8H17N5O/c1-8(14)2-4-13(5-3-8)7(11)12-6(9)10/h14H,2-5H2,1H3,(H5,9,10,11,12). The fourth-order valence-electron chi connectivity index (χ4n) is 1.39. The summed E-state index contributed by atoms with van der Waals surface area (Å²) in [5, 5.41) is 17.2. The van der Waals surface area contributed by atoms with Gasteiger partial charge in [-0.05, 0) is 19.8 Å². The number of hydrogen-bond donors (Lipinski definition) is 4. The average Bonchev–Trinajstić information content (AvgIpc) is 2.02. The monoisotopic (exact) mass is 199 g/mol.